The zero-order chi connectivity index (χ0) is 19.7. The van der Waals surface area contributed by atoms with E-state index in [0.717, 1.165) is 38.3 Å². The number of likely N-dealkylation sites (N-methyl/N-ethyl adjacent to an activating group) is 1. The van der Waals surface area contributed by atoms with Gasteiger partial charge in [0, 0.05) is 44.1 Å². The molecule has 8 heteroatoms. The fourth-order valence-electron chi connectivity index (χ4n) is 4.01. The van der Waals surface area contributed by atoms with Crippen molar-refractivity contribution >= 4 is 17.7 Å². The molecule has 2 aromatic rings. The fraction of sp³-hybridized carbons (Fsp3) is 0.450. The summed E-state index contributed by atoms with van der Waals surface area (Å²) in [6, 6.07) is 7.48. The number of carbonyl (C=O) groups is 1. The van der Waals surface area contributed by atoms with E-state index in [1.54, 1.807) is 7.11 Å². The van der Waals surface area contributed by atoms with Gasteiger partial charge in [0.15, 0.2) is 0 Å². The first-order valence-electron chi connectivity index (χ1n) is 9.65. The van der Waals surface area contributed by atoms with Crippen LogP contribution in [0.25, 0.3) is 0 Å². The molecule has 1 atom stereocenters. The highest BCUT2D eigenvalue weighted by molar-refractivity contribution is 5.94. The van der Waals surface area contributed by atoms with Gasteiger partial charge in [-0.3, -0.25) is 14.6 Å². The van der Waals surface area contributed by atoms with Gasteiger partial charge in [-0.25, -0.2) is 0 Å². The topological polar surface area (TPSA) is 90.6 Å². The minimum absolute atomic E-state index is 0.150. The molecule has 28 heavy (non-hydrogen) atoms. The van der Waals surface area contributed by atoms with Crippen molar-refractivity contribution in [2.24, 2.45) is 0 Å². The molecule has 2 aliphatic heterocycles. The maximum Gasteiger partial charge on any atom is 0.258 e. The summed E-state index contributed by atoms with van der Waals surface area (Å²) in [6.45, 7) is 6.58. The number of ether oxygens (including phenoxy) is 1. The molecule has 1 fully saturated rings. The maximum atomic E-state index is 13.0. The van der Waals surface area contributed by atoms with Crippen molar-refractivity contribution in [3.8, 4) is 5.75 Å². The van der Waals surface area contributed by atoms with Crippen molar-refractivity contribution in [1.82, 2.24) is 14.9 Å². The number of fused-ring (bicyclic) bond motifs is 1. The van der Waals surface area contributed by atoms with Crippen LogP contribution in [0.5, 0.6) is 5.75 Å². The zero-order valence-corrected chi connectivity index (χ0v) is 16.2. The van der Waals surface area contributed by atoms with Gasteiger partial charge in [0.2, 0.25) is 11.9 Å². The quantitative estimate of drug-likeness (QED) is 0.829. The summed E-state index contributed by atoms with van der Waals surface area (Å²) >= 11 is 0. The Balaban J connectivity index is 1.72. The summed E-state index contributed by atoms with van der Waals surface area (Å²) in [7, 11) is 1.59. The van der Waals surface area contributed by atoms with Crippen LogP contribution < -0.4 is 20.5 Å². The number of methoxy groups -OCH3 is 1. The first kappa shape index (κ1) is 18.5. The van der Waals surface area contributed by atoms with E-state index in [1.165, 1.54) is 0 Å². The molecule has 1 aromatic carbocycles. The number of hydrogen-bond acceptors (Lipinski definition) is 6. The predicted octanol–water partition coefficient (Wildman–Crippen LogP) is 1.39. The highest BCUT2D eigenvalue weighted by atomic mass is 16.5. The number of H-pyrrole nitrogens is 1. The molecule has 0 unspecified atom stereocenters. The third-order valence-corrected chi connectivity index (χ3v) is 5.57. The van der Waals surface area contributed by atoms with Crippen molar-refractivity contribution in [1.29, 1.82) is 0 Å². The first-order valence-corrected chi connectivity index (χ1v) is 9.65. The molecular formula is C20H25N5O3. The van der Waals surface area contributed by atoms with Crippen molar-refractivity contribution in [3.05, 3.63) is 45.7 Å². The molecule has 1 amide bonds. The lowest BCUT2D eigenvalue weighted by molar-refractivity contribution is -0.116. The molecule has 2 N–H and O–H groups in total. The largest absolute Gasteiger partial charge is 0.496 e. The van der Waals surface area contributed by atoms with Gasteiger partial charge in [0.05, 0.1) is 12.7 Å². The lowest BCUT2D eigenvalue weighted by Crippen LogP contribution is -2.47. The average molecular weight is 383 g/mol. The molecule has 0 radical (unpaired) electrons. The molecular weight excluding hydrogens is 358 g/mol. The Morgan fingerprint density at radius 1 is 1.18 bits per heavy atom. The lowest BCUT2D eigenvalue weighted by atomic mass is 9.86. The standard InChI is InChI=1S/C20H25N5O3/c1-3-24-8-10-25(11-9-24)20-22-18-17(19(27)23-20)14(12-16(26)21-18)13-6-4-5-7-15(13)28-2/h4-7,14H,3,8-12H2,1-2H3,(H2,21,22,23,26,27)/t14-/m0/s1. The summed E-state index contributed by atoms with van der Waals surface area (Å²) in [4.78, 5) is 37.3. The molecule has 0 spiro atoms. The van der Waals surface area contributed by atoms with Crippen LogP contribution in [0.15, 0.2) is 29.1 Å². The van der Waals surface area contributed by atoms with Gasteiger partial charge < -0.3 is 19.9 Å². The normalized spacial score (nSPS) is 19.9. The molecule has 4 rings (SSSR count). The number of aromatic amines is 1. The molecule has 8 nitrogen and oxygen atoms in total. The Kier molecular flexibility index (Phi) is 5.04. The van der Waals surface area contributed by atoms with Crippen LogP contribution in [0.3, 0.4) is 0 Å². The number of nitrogens with one attached hydrogen (secondary N) is 2. The van der Waals surface area contributed by atoms with Crippen LogP contribution in [0.1, 0.15) is 30.4 Å². The summed E-state index contributed by atoms with van der Waals surface area (Å²) in [5.74, 6) is 0.988. The SMILES string of the molecule is CCN1CCN(c2nc3c(c(=O)[nH]2)[C@H](c2ccccc2OC)CC(=O)N3)CC1. The van der Waals surface area contributed by atoms with Crippen LogP contribution in [0, 0.1) is 0 Å². The van der Waals surface area contributed by atoms with Crippen LogP contribution in [-0.2, 0) is 4.79 Å². The number of rotatable bonds is 4. The van der Waals surface area contributed by atoms with Gasteiger partial charge in [0.25, 0.3) is 5.56 Å². The number of nitrogens with zero attached hydrogens (tertiary/aromatic N) is 3. The number of anilines is 2. The van der Waals surface area contributed by atoms with Crippen LogP contribution >= 0.6 is 0 Å². The Hall–Kier alpha value is -2.87. The Bertz CT molecular complexity index is 934. The molecule has 0 bridgehead atoms. The van der Waals surface area contributed by atoms with E-state index in [-0.39, 0.29) is 23.8 Å². The van der Waals surface area contributed by atoms with Crippen LogP contribution in [0.2, 0.25) is 0 Å². The summed E-state index contributed by atoms with van der Waals surface area (Å²) in [5, 5.41) is 2.79. The predicted molar refractivity (Wildman–Crippen MR) is 107 cm³/mol. The van der Waals surface area contributed by atoms with Crippen LogP contribution in [0.4, 0.5) is 11.8 Å². The van der Waals surface area contributed by atoms with Gasteiger partial charge >= 0.3 is 0 Å². The second-order valence-corrected chi connectivity index (χ2v) is 7.12. The van der Waals surface area contributed by atoms with Gasteiger partial charge in [0.1, 0.15) is 11.6 Å². The first-order chi connectivity index (χ1) is 13.6. The van der Waals surface area contributed by atoms with Crippen molar-refractivity contribution in [2.45, 2.75) is 19.3 Å². The third kappa shape index (κ3) is 3.35. The van der Waals surface area contributed by atoms with Gasteiger partial charge in [-0.05, 0) is 12.6 Å². The maximum absolute atomic E-state index is 13.0. The average Bonchev–Trinajstić information content (AvgIpc) is 2.72. The number of amides is 1. The smallest absolute Gasteiger partial charge is 0.258 e. The van der Waals surface area contributed by atoms with Crippen LogP contribution in [-0.4, -0.2) is 60.6 Å². The minimum atomic E-state index is -0.387. The molecule has 3 heterocycles. The fourth-order valence-corrected chi connectivity index (χ4v) is 4.01. The van der Waals surface area contributed by atoms with E-state index < -0.39 is 0 Å². The number of benzene rings is 1. The Morgan fingerprint density at radius 3 is 2.64 bits per heavy atom. The molecule has 148 valence electrons. The van der Waals surface area contributed by atoms with Crippen molar-refractivity contribution in [2.75, 3.05) is 50.1 Å². The second-order valence-electron chi connectivity index (χ2n) is 7.12. The number of para-hydroxylation sites is 1. The third-order valence-electron chi connectivity index (χ3n) is 5.57. The number of aromatic nitrogens is 2. The number of carbonyl (C=O) groups excluding carboxylic acids is 1. The highest BCUT2D eigenvalue weighted by Crippen LogP contribution is 2.38. The van der Waals surface area contributed by atoms with E-state index in [0.29, 0.717) is 23.1 Å². The molecule has 1 saturated heterocycles. The van der Waals surface area contributed by atoms with Crippen molar-refractivity contribution < 1.29 is 9.53 Å². The van der Waals surface area contributed by atoms with E-state index in [4.69, 9.17) is 4.74 Å². The Morgan fingerprint density at radius 2 is 1.93 bits per heavy atom. The van der Waals surface area contributed by atoms with E-state index in [2.05, 4.69) is 32.0 Å². The van der Waals surface area contributed by atoms with Gasteiger partial charge in [-0.1, -0.05) is 25.1 Å². The monoisotopic (exact) mass is 383 g/mol. The number of hydrogen-bond donors (Lipinski definition) is 2. The Labute approximate surface area is 163 Å². The molecule has 2 aliphatic rings. The van der Waals surface area contributed by atoms with E-state index in [9.17, 15) is 9.59 Å². The van der Waals surface area contributed by atoms with E-state index in [1.807, 2.05) is 24.3 Å². The highest BCUT2D eigenvalue weighted by Gasteiger charge is 2.33. The van der Waals surface area contributed by atoms with Gasteiger partial charge in [-0.2, -0.15) is 4.98 Å². The van der Waals surface area contributed by atoms with Gasteiger partial charge in [-0.15, -0.1) is 0 Å². The summed E-state index contributed by atoms with van der Waals surface area (Å²) in [5.41, 5.74) is 1.09. The molecule has 0 saturated carbocycles. The summed E-state index contributed by atoms with van der Waals surface area (Å²) < 4.78 is 5.45. The number of piperazine rings is 1. The second kappa shape index (κ2) is 7.63. The molecule has 0 aliphatic carbocycles. The van der Waals surface area contributed by atoms with Crippen molar-refractivity contribution in [3.63, 3.8) is 0 Å². The zero-order valence-electron chi connectivity index (χ0n) is 16.2. The summed E-state index contributed by atoms with van der Waals surface area (Å²) in [6.07, 6.45) is 0.187. The van der Waals surface area contributed by atoms with E-state index >= 15 is 0 Å². The lowest BCUT2D eigenvalue weighted by Gasteiger charge is -2.35. The minimum Gasteiger partial charge on any atom is -0.496 e. The molecule has 1 aromatic heterocycles.